The second-order valence-corrected chi connectivity index (χ2v) is 10.2. The van der Waals surface area contributed by atoms with Gasteiger partial charge < -0.3 is 9.80 Å². The molecule has 1 aromatic carbocycles. The minimum atomic E-state index is -3.34. The zero-order valence-electron chi connectivity index (χ0n) is 15.6. The molecule has 144 valence electrons. The Morgan fingerprint density at radius 1 is 1.23 bits per heavy atom. The summed E-state index contributed by atoms with van der Waals surface area (Å²) in [6.07, 6.45) is 0. The number of hydrogen-bond acceptors (Lipinski definition) is 3. The molecular formula is C18H26FN3O3S. The molecule has 6 nitrogen and oxygen atoms in total. The number of urea groups is 1. The Morgan fingerprint density at radius 2 is 1.92 bits per heavy atom. The zero-order valence-corrected chi connectivity index (χ0v) is 16.4. The largest absolute Gasteiger partial charge is 0.331 e. The summed E-state index contributed by atoms with van der Waals surface area (Å²) >= 11 is 0. The highest BCUT2D eigenvalue weighted by molar-refractivity contribution is 7.89. The van der Waals surface area contributed by atoms with Gasteiger partial charge in [0.1, 0.15) is 5.82 Å². The first-order valence-corrected chi connectivity index (χ1v) is 10.4. The Bertz CT molecular complexity index is 797. The van der Waals surface area contributed by atoms with Crippen LogP contribution < -0.4 is 0 Å². The van der Waals surface area contributed by atoms with E-state index in [2.05, 4.69) is 0 Å². The van der Waals surface area contributed by atoms with Crippen LogP contribution in [0.2, 0.25) is 0 Å². The van der Waals surface area contributed by atoms with Crippen molar-refractivity contribution in [3.8, 4) is 0 Å². The number of amides is 2. The molecule has 2 aliphatic heterocycles. The smallest absolute Gasteiger partial charge is 0.320 e. The molecule has 0 unspecified atom stereocenters. The van der Waals surface area contributed by atoms with Crippen LogP contribution in [-0.2, 0) is 10.0 Å². The zero-order chi connectivity index (χ0) is 19.2. The molecule has 0 N–H and O–H groups in total. The Balaban J connectivity index is 1.95. The first kappa shape index (κ1) is 19.1. The molecule has 2 amide bonds. The van der Waals surface area contributed by atoms with Crippen molar-refractivity contribution >= 4 is 16.1 Å². The summed E-state index contributed by atoms with van der Waals surface area (Å²) in [6, 6.07) is 5.81. The first-order valence-electron chi connectivity index (χ1n) is 8.85. The number of benzene rings is 1. The molecule has 2 fully saturated rings. The SMILES string of the molecule is CC(C)S(=O)(=O)N1C[C@@H]2CN(C(=O)N(C)C)[C@@H](c3cccc(F)c3)[C@@H]2C1. The van der Waals surface area contributed by atoms with Gasteiger partial charge in [0, 0.05) is 39.6 Å². The van der Waals surface area contributed by atoms with Gasteiger partial charge in [-0.3, -0.25) is 0 Å². The molecule has 1 aromatic rings. The lowest BCUT2D eigenvalue weighted by Gasteiger charge is -2.32. The predicted octanol–water partition coefficient (Wildman–Crippen LogP) is 2.15. The number of fused-ring (bicyclic) bond motifs is 1. The number of carbonyl (C=O) groups is 1. The maximum Gasteiger partial charge on any atom is 0.320 e. The van der Waals surface area contributed by atoms with Crippen LogP contribution in [0.4, 0.5) is 9.18 Å². The topological polar surface area (TPSA) is 60.9 Å². The minimum absolute atomic E-state index is 0.0331. The van der Waals surface area contributed by atoms with Crippen LogP contribution in [0.3, 0.4) is 0 Å². The van der Waals surface area contributed by atoms with Crippen molar-refractivity contribution in [2.45, 2.75) is 25.1 Å². The molecular weight excluding hydrogens is 357 g/mol. The van der Waals surface area contributed by atoms with Gasteiger partial charge >= 0.3 is 6.03 Å². The minimum Gasteiger partial charge on any atom is -0.331 e. The van der Waals surface area contributed by atoms with Crippen molar-refractivity contribution in [1.29, 1.82) is 0 Å². The Morgan fingerprint density at radius 3 is 2.50 bits per heavy atom. The monoisotopic (exact) mass is 383 g/mol. The van der Waals surface area contributed by atoms with E-state index in [1.807, 2.05) is 6.07 Å². The maximum absolute atomic E-state index is 13.8. The fourth-order valence-corrected chi connectivity index (χ4v) is 5.46. The van der Waals surface area contributed by atoms with Gasteiger partial charge in [-0.2, -0.15) is 0 Å². The third-order valence-corrected chi connectivity index (χ3v) is 7.61. The number of hydrogen-bond donors (Lipinski definition) is 0. The second-order valence-electron chi connectivity index (χ2n) is 7.66. The van der Waals surface area contributed by atoms with Gasteiger partial charge in [0.05, 0.1) is 11.3 Å². The van der Waals surface area contributed by atoms with E-state index in [1.54, 1.807) is 38.9 Å². The van der Waals surface area contributed by atoms with Crippen molar-refractivity contribution in [3.63, 3.8) is 0 Å². The highest BCUT2D eigenvalue weighted by Crippen LogP contribution is 2.46. The first-order chi connectivity index (χ1) is 12.1. The number of halogens is 1. The van der Waals surface area contributed by atoms with E-state index in [9.17, 15) is 17.6 Å². The molecule has 0 bridgehead atoms. The van der Waals surface area contributed by atoms with Crippen LogP contribution >= 0.6 is 0 Å². The highest BCUT2D eigenvalue weighted by atomic mass is 32.2. The van der Waals surface area contributed by atoms with Gasteiger partial charge in [0.15, 0.2) is 0 Å². The standard InChI is InChI=1S/C18H26FN3O3S/c1-12(2)26(24,25)21-9-14-10-22(18(23)20(3)4)17(16(14)11-21)13-6-5-7-15(19)8-13/h5-8,12,14,16-17H,9-11H2,1-4H3/t14-,16-,17+/m1/s1. The molecule has 26 heavy (non-hydrogen) atoms. The summed E-state index contributed by atoms with van der Waals surface area (Å²) in [5, 5.41) is -0.478. The number of sulfonamides is 1. The Kier molecular flexibility index (Phi) is 5.00. The van der Waals surface area contributed by atoms with Gasteiger partial charge in [-0.1, -0.05) is 12.1 Å². The third-order valence-electron chi connectivity index (χ3n) is 5.40. The molecule has 2 heterocycles. The van der Waals surface area contributed by atoms with Crippen molar-refractivity contribution < 1.29 is 17.6 Å². The van der Waals surface area contributed by atoms with Crippen LogP contribution in [0.25, 0.3) is 0 Å². The molecule has 2 aliphatic rings. The number of carbonyl (C=O) groups excluding carboxylic acids is 1. The van der Waals surface area contributed by atoms with E-state index in [4.69, 9.17) is 0 Å². The van der Waals surface area contributed by atoms with Crippen molar-refractivity contribution in [1.82, 2.24) is 14.1 Å². The van der Waals surface area contributed by atoms with Gasteiger partial charge in [-0.05, 0) is 37.5 Å². The molecule has 3 atom stereocenters. The third kappa shape index (κ3) is 3.20. The van der Waals surface area contributed by atoms with Gasteiger partial charge in [-0.15, -0.1) is 0 Å². The summed E-state index contributed by atoms with van der Waals surface area (Å²) in [7, 11) is 0.0371. The summed E-state index contributed by atoms with van der Waals surface area (Å²) in [5.74, 6) is -0.331. The van der Waals surface area contributed by atoms with Crippen LogP contribution in [0.15, 0.2) is 24.3 Å². The van der Waals surface area contributed by atoms with Crippen molar-refractivity contribution in [3.05, 3.63) is 35.6 Å². The summed E-state index contributed by atoms with van der Waals surface area (Å²) < 4.78 is 40.5. The molecule has 8 heteroatoms. The van der Waals surface area contributed by atoms with E-state index in [0.29, 0.717) is 19.6 Å². The molecule has 0 saturated carbocycles. The van der Waals surface area contributed by atoms with Gasteiger partial charge in [0.25, 0.3) is 0 Å². The van der Waals surface area contributed by atoms with Crippen LogP contribution in [-0.4, -0.2) is 67.5 Å². The van der Waals surface area contributed by atoms with Crippen LogP contribution in [0.5, 0.6) is 0 Å². The van der Waals surface area contributed by atoms with Gasteiger partial charge in [-0.25, -0.2) is 21.9 Å². The number of nitrogens with zero attached hydrogens (tertiary/aromatic N) is 3. The molecule has 0 radical (unpaired) electrons. The summed E-state index contributed by atoms with van der Waals surface area (Å²) in [5.41, 5.74) is 0.719. The normalized spacial score (nSPS) is 26.4. The van der Waals surface area contributed by atoms with Crippen LogP contribution in [0.1, 0.15) is 25.5 Å². The van der Waals surface area contributed by atoms with Crippen LogP contribution in [0, 0.1) is 17.7 Å². The second kappa shape index (κ2) is 6.81. The number of rotatable bonds is 3. The fourth-order valence-electron chi connectivity index (χ4n) is 4.08. The van der Waals surface area contributed by atoms with Crippen molar-refractivity contribution in [2.75, 3.05) is 33.7 Å². The molecule has 0 aromatic heterocycles. The lowest BCUT2D eigenvalue weighted by atomic mass is 9.89. The molecule has 0 aliphatic carbocycles. The van der Waals surface area contributed by atoms with E-state index < -0.39 is 15.3 Å². The van der Waals surface area contributed by atoms with E-state index in [1.165, 1.54) is 21.3 Å². The van der Waals surface area contributed by atoms with E-state index in [-0.39, 0.29) is 29.7 Å². The molecule has 0 spiro atoms. The van der Waals surface area contributed by atoms with Gasteiger partial charge in [0.2, 0.25) is 10.0 Å². The van der Waals surface area contributed by atoms with E-state index in [0.717, 1.165) is 5.56 Å². The predicted molar refractivity (Wildman–Crippen MR) is 97.5 cm³/mol. The number of likely N-dealkylation sites (tertiary alicyclic amines) is 1. The lowest BCUT2D eigenvalue weighted by molar-refractivity contribution is 0.156. The maximum atomic E-state index is 13.8. The molecule has 3 rings (SSSR count). The average molecular weight is 383 g/mol. The van der Waals surface area contributed by atoms with Crippen molar-refractivity contribution in [2.24, 2.45) is 11.8 Å². The lowest BCUT2D eigenvalue weighted by Crippen LogP contribution is -2.42. The Hall–Kier alpha value is -1.67. The Labute approximate surface area is 154 Å². The summed E-state index contributed by atoms with van der Waals surface area (Å²) in [6.45, 7) is 4.61. The quantitative estimate of drug-likeness (QED) is 0.804. The molecule has 2 saturated heterocycles. The average Bonchev–Trinajstić information content (AvgIpc) is 3.11. The van der Waals surface area contributed by atoms with E-state index >= 15 is 0 Å². The summed E-state index contributed by atoms with van der Waals surface area (Å²) in [4.78, 5) is 15.9. The fraction of sp³-hybridized carbons (Fsp3) is 0.611. The highest BCUT2D eigenvalue weighted by Gasteiger charge is 2.52.